The molecule has 33 heavy (non-hydrogen) atoms. The highest BCUT2D eigenvalue weighted by atomic mass is 16.5. The molecular formula is C28H25NO4. The molecule has 166 valence electrons. The topological polar surface area (TPSA) is 66.8 Å². The Balaban J connectivity index is 1.71. The van der Waals surface area contributed by atoms with Gasteiger partial charge in [0.1, 0.15) is 5.75 Å². The molecule has 1 aliphatic rings. The van der Waals surface area contributed by atoms with Crippen LogP contribution in [0.2, 0.25) is 0 Å². The standard InChI is InChI=1S/C28H25NO4/c1-2-33-23-16-14-22(15-17-23)26-25(24(30)18-13-20-9-5-3-6-10-20)27(31)28(32)29(26)19-21-11-7-4-8-12-21/h3-18,26,31H,2,19H2,1H3. The third-order valence-corrected chi connectivity index (χ3v) is 5.50. The maximum Gasteiger partial charge on any atom is 0.290 e. The Labute approximate surface area is 193 Å². The van der Waals surface area contributed by atoms with E-state index in [2.05, 4.69) is 0 Å². The molecule has 0 spiro atoms. The third kappa shape index (κ3) is 4.88. The number of carbonyl (C=O) groups is 2. The van der Waals surface area contributed by atoms with E-state index in [9.17, 15) is 14.7 Å². The molecule has 3 aromatic carbocycles. The number of rotatable bonds is 8. The van der Waals surface area contributed by atoms with E-state index in [0.717, 1.165) is 16.7 Å². The van der Waals surface area contributed by atoms with Gasteiger partial charge in [-0.3, -0.25) is 9.59 Å². The van der Waals surface area contributed by atoms with Gasteiger partial charge in [-0.25, -0.2) is 0 Å². The van der Waals surface area contributed by atoms with Crippen LogP contribution in [0.25, 0.3) is 6.08 Å². The van der Waals surface area contributed by atoms with E-state index in [4.69, 9.17) is 4.74 Å². The summed E-state index contributed by atoms with van der Waals surface area (Å²) in [6.07, 6.45) is 3.09. The Morgan fingerprint density at radius 2 is 1.61 bits per heavy atom. The normalized spacial score (nSPS) is 16.0. The van der Waals surface area contributed by atoms with Crippen molar-refractivity contribution >= 4 is 17.8 Å². The molecule has 0 aliphatic carbocycles. The largest absolute Gasteiger partial charge is 0.503 e. The predicted molar refractivity (Wildman–Crippen MR) is 127 cm³/mol. The highest BCUT2D eigenvalue weighted by Gasteiger charge is 2.42. The van der Waals surface area contributed by atoms with Crippen LogP contribution in [0.5, 0.6) is 5.75 Å². The first-order valence-electron chi connectivity index (χ1n) is 10.9. The maximum atomic E-state index is 13.2. The number of hydrogen-bond acceptors (Lipinski definition) is 4. The van der Waals surface area contributed by atoms with Gasteiger partial charge in [0.2, 0.25) is 0 Å². The van der Waals surface area contributed by atoms with Crippen molar-refractivity contribution in [1.29, 1.82) is 0 Å². The summed E-state index contributed by atoms with van der Waals surface area (Å²) in [5.74, 6) is -0.772. The molecule has 0 radical (unpaired) electrons. The second-order valence-electron chi connectivity index (χ2n) is 7.69. The zero-order valence-corrected chi connectivity index (χ0v) is 18.3. The summed E-state index contributed by atoms with van der Waals surface area (Å²) in [5, 5.41) is 10.8. The van der Waals surface area contributed by atoms with E-state index in [1.54, 1.807) is 18.2 Å². The molecule has 3 aromatic rings. The minimum atomic E-state index is -0.707. The van der Waals surface area contributed by atoms with Crippen LogP contribution in [0.3, 0.4) is 0 Å². The van der Waals surface area contributed by atoms with E-state index in [1.807, 2.05) is 79.7 Å². The molecule has 0 bridgehead atoms. The lowest BCUT2D eigenvalue weighted by molar-refractivity contribution is -0.130. The number of hydrogen-bond donors (Lipinski definition) is 1. The summed E-state index contributed by atoms with van der Waals surface area (Å²) in [6.45, 7) is 2.71. The lowest BCUT2D eigenvalue weighted by Crippen LogP contribution is -2.30. The fourth-order valence-electron chi connectivity index (χ4n) is 3.93. The van der Waals surface area contributed by atoms with Crippen molar-refractivity contribution < 1.29 is 19.4 Å². The number of allylic oxidation sites excluding steroid dienone is 1. The number of benzene rings is 3. The van der Waals surface area contributed by atoms with Gasteiger partial charge in [0.05, 0.1) is 18.2 Å². The van der Waals surface area contributed by atoms with E-state index in [1.165, 1.54) is 11.0 Å². The maximum absolute atomic E-state index is 13.2. The summed E-state index contributed by atoms with van der Waals surface area (Å²) in [4.78, 5) is 27.8. The Morgan fingerprint density at radius 3 is 2.24 bits per heavy atom. The molecule has 1 heterocycles. The Hall–Kier alpha value is -4.12. The van der Waals surface area contributed by atoms with Gasteiger partial charge < -0.3 is 14.7 Å². The van der Waals surface area contributed by atoms with Gasteiger partial charge in [-0.15, -0.1) is 0 Å². The van der Waals surface area contributed by atoms with Crippen molar-refractivity contribution in [2.45, 2.75) is 19.5 Å². The second kappa shape index (κ2) is 10.0. The van der Waals surface area contributed by atoms with E-state index >= 15 is 0 Å². The van der Waals surface area contributed by atoms with Gasteiger partial charge in [0, 0.05) is 6.54 Å². The van der Waals surface area contributed by atoms with Gasteiger partial charge >= 0.3 is 0 Å². The van der Waals surface area contributed by atoms with Gasteiger partial charge in [0.25, 0.3) is 5.91 Å². The van der Waals surface area contributed by atoms with Crippen molar-refractivity contribution in [3.8, 4) is 5.75 Å². The molecule has 5 heteroatoms. The molecule has 1 unspecified atom stereocenters. The minimum absolute atomic E-state index is 0.0762. The number of ether oxygens (including phenoxy) is 1. The first kappa shape index (κ1) is 22.1. The molecule has 1 amide bonds. The van der Waals surface area contributed by atoms with Crippen LogP contribution < -0.4 is 4.74 Å². The van der Waals surface area contributed by atoms with Gasteiger partial charge in [-0.1, -0.05) is 78.9 Å². The minimum Gasteiger partial charge on any atom is -0.503 e. The highest BCUT2D eigenvalue weighted by Crippen LogP contribution is 2.39. The molecule has 4 rings (SSSR count). The summed E-state index contributed by atoms with van der Waals surface area (Å²) in [7, 11) is 0. The summed E-state index contributed by atoms with van der Waals surface area (Å²) >= 11 is 0. The Morgan fingerprint density at radius 1 is 0.970 bits per heavy atom. The van der Waals surface area contributed by atoms with Gasteiger partial charge in [-0.05, 0) is 41.8 Å². The van der Waals surface area contributed by atoms with E-state index in [-0.39, 0.29) is 12.1 Å². The highest BCUT2D eigenvalue weighted by molar-refractivity contribution is 6.14. The number of amides is 1. The molecule has 1 atom stereocenters. The molecule has 5 nitrogen and oxygen atoms in total. The van der Waals surface area contributed by atoms with Crippen molar-refractivity contribution in [3.05, 3.63) is 119 Å². The van der Waals surface area contributed by atoms with Crippen molar-refractivity contribution in [2.24, 2.45) is 0 Å². The molecular weight excluding hydrogens is 414 g/mol. The number of aliphatic hydroxyl groups is 1. The molecule has 1 N–H and O–H groups in total. The first-order valence-corrected chi connectivity index (χ1v) is 10.9. The van der Waals surface area contributed by atoms with Crippen LogP contribution in [0.1, 0.15) is 29.7 Å². The third-order valence-electron chi connectivity index (χ3n) is 5.50. The summed E-state index contributed by atoms with van der Waals surface area (Å²) < 4.78 is 5.53. The molecule has 0 saturated heterocycles. The predicted octanol–water partition coefficient (Wildman–Crippen LogP) is 5.26. The molecule has 1 aliphatic heterocycles. The molecule has 0 saturated carbocycles. The van der Waals surface area contributed by atoms with Crippen LogP contribution in [0, 0.1) is 0 Å². The average Bonchev–Trinajstić information content (AvgIpc) is 3.09. The van der Waals surface area contributed by atoms with Crippen LogP contribution in [0.15, 0.2) is 102 Å². The van der Waals surface area contributed by atoms with Gasteiger partial charge in [0.15, 0.2) is 11.5 Å². The number of aliphatic hydroxyl groups excluding tert-OH is 1. The lowest BCUT2D eigenvalue weighted by Gasteiger charge is -2.27. The Kier molecular flexibility index (Phi) is 6.69. The number of nitrogens with zero attached hydrogens (tertiary/aromatic N) is 1. The monoisotopic (exact) mass is 439 g/mol. The fourth-order valence-corrected chi connectivity index (χ4v) is 3.93. The fraction of sp³-hybridized carbons (Fsp3) is 0.143. The number of ketones is 1. The first-order chi connectivity index (χ1) is 16.1. The van der Waals surface area contributed by atoms with Gasteiger partial charge in [-0.2, -0.15) is 0 Å². The SMILES string of the molecule is CCOc1ccc(C2C(C(=O)C=Cc3ccccc3)=C(O)C(=O)N2Cc2ccccc2)cc1. The average molecular weight is 440 g/mol. The van der Waals surface area contributed by atoms with Crippen molar-refractivity contribution in [1.82, 2.24) is 4.90 Å². The molecule has 0 fully saturated rings. The van der Waals surface area contributed by atoms with E-state index in [0.29, 0.717) is 12.4 Å². The second-order valence-corrected chi connectivity index (χ2v) is 7.69. The zero-order chi connectivity index (χ0) is 23.2. The van der Waals surface area contributed by atoms with Crippen LogP contribution in [0.4, 0.5) is 0 Å². The summed E-state index contributed by atoms with van der Waals surface area (Å²) in [5.41, 5.74) is 2.56. The lowest BCUT2D eigenvalue weighted by atomic mass is 9.95. The smallest absolute Gasteiger partial charge is 0.290 e. The molecule has 0 aromatic heterocycles. The van der Waals surface area contributed by atoms with Crippen LogP contribution in [-0.4, -0.2) is 28.3 Å². The van der Waals surface area contributed by atoms with Crippen LogP contribution >= 0.6 is 0 Å². The Bertz CT molecular complexity index is 1180. The quantitative estimate of drug-likeness (QED) is 0.486. The van der Waals surface area contributed by atoms with E-state index < -0.39 is 23.5 Å². The zero-order valence-electron chi connectivity index (χ0n) is 18.3. The number of carbonyl (C=O) groups excluding carboxylic acids is 2. The van der Waals surface area contributed by atoms with Crippen molar-refractivity contribution in [2.75, 3.05) is 6.61 Å². The van der Waals surface area contributed by atoms with Crippen molar-refractivity contribution in [3.63, 3.8) is 0 Å². The summed E-state index contributed by atoms with van der Waals surface area (Å²) in [6, 6.07) is 25.5. The van der Waals surface area contributed by atoms with Crippen LogP contribution in [-0.2, 0) is 16.1 Å².